The number of benzene rings is 2. The maximum absolute atomic E-state index is 15.4. The molecule has 0 spiro atoms. The van der Waals surface area contributed by atoms with Crippen LogP contribution in [0.1, 0.15) is 136 Å². The number of carbonyl (C=O) groups excluding carboxylic acids is 9. The number of imide groups is 1. The van der Waals surface area contributed by atoms with Crippen LogP contribution in [0.5, 0.6) is 0 Å². The molecule has 3 aliphatic heterocycles. The number of nitrogens with zero attached hydrogens (tertiary/aromatic N) is 3. The van der Waals surface area contributed by atoms with E-state index in [1.54, 1.807) is 44.2 Å². The van der Waals surface area contributed by atoms with Gasteiger partial charge in [0.1, 0.15) is 19.2 Å². The van der Waals surface area contributed by atoms with Crippen molar-refractivity contribution in [3.8, 4) is 11.4 Å². The van der Waals surface area contributed by atoms with Gasteiger partial charge in [0.2, 0.25) is 35.6 Å². The highest BCUT2D eigenvalue weighted by Crippen LogP contribution is 2.48. The fourth-order valence-corrected chi connectivity index (χ4v) is 11.1. The van der Waals surface area contributed by atoms with E-state index in [9.17, 15) is 66.2 Å². The normalized spacial score (nSPS) is 18.9. The Kier molecular flexibility index (Phi) is 17.9. The number of pyridine rings is 2. The number of ether oxygens (including phenoxy) is 2. The summed E-state index contributed by atoms with van der Waals surface area (Å²) in [6.07, 6.45) is -8.55. The smallest absolute Gasteiger partial charge is 0.421 e. The second kappa shape index (κ2) is 24.5. The van der Waals surface area contributed by atoms with Crippen molar-refractivity contribution in [3.63, 3.8) is 0 Å². The van der Waals surface area contributed by atoms with Crippen molar-refractivity contribution < 1.29 is 75.3 Å². The third-order valence-corrected chi connectivity index (χ3v) is 15.5. The Labute approximate surface area is 456 Å². The Balaban J connectivity index is 0.850. The summed E-state index contributed by atoms with van der Waals surface area (Å²) < 4.78 is 71.1. The number of Topliss-reactive ketones (excluding diaryl/α,β-unsaturated/α-hetero) is 3. The minimum Gasteiger partial charge on any atom is -0.458 e. The Hall–Kier alpha value is -7.53. The van der Waals surface area contributed by atoms with E-state index >= 15 is 4.39 Å². The number of unbranched alkanes of at least 4 members (excludes halogenated alkanes) is 2. The average Bonchev–Trinajstić information content (AvgIpc) is 4.13. The number of hydrogen-bond acceptors (Lipinski definition) is 14. The van der Waals surface area contributed by atoms with E-state index in [0.717, 1.165) is 0 Å². The lowest BCUT2D eigenvalue weighted by Gasteiger charge is -2.31. The summed E-state index contributed by atoms with van der Waals surface area (Å²) in [6, 6.07) is 10.0. The van der Waals surface area contributed by atoms with E-state index in [1.807, 2.05) is 0 Å². The third-order valence-electron chi connectivity index (χ3n) is 15.5. The average molecular weight is 1120 g/mol. The van der Waals surface area contributed by atoms with E-state index in [0.29, 0.717) is 46.9 Å². The summed E-state index contributed by atoms with van der Waals surface area (Å²) in [5.41, 5.74) is 0.0908. The fraction of sp³-hybridized carbons (Fsp3) is 0.491. The molecule has 4 aromatic rings. The van der Waals surface area contributed by atoms with Crippen LogP contribution >= 0.6 is 0 Å². The zero-order valence-electron chi connectivity index (χ0n) is 44.5. The summed E-state index contributed by atoms with van der Waals surface area (Å²) in [5.74, 6) is -7.58. The topological polar surface area (TPSA) is 267 Å². The van der Waals surface area contributed by atoms with Gasteiger partial charge in [-0.1, -0.05) is 50.6 Å². The van der Waals surface area contributed by atoms with Gasteiger partial charge in [-0.3, -0.25) is 48.1 Å². The number of aliphatic hydroxyl groups is 1. The first-order valence-electron chi connectivity index (χ1n) is 26.8. The maximum Gasteiger partial charge on any atom is 0.421 e. The molecule has 0 radical (unpaired) electrons. The standard InChI is InChI=1S/C57H62F4N6O13/c1-4-56(78)38-24-42-51-36(27-67(42)54(76)37(38)28-79-55(56)77)49-33(14-16-35-31(3)39(58)25-41(65-51)50(35)49)23-44(70)52(57(59,60)61)80-29-63-46(72)19-17-43(69)40(22-32-11-7-5-8-12-32)64-47(73)18-15-34(68)26-62-45(71)13-9-6-10-20-66-48(74)21-30(2)53(66)75/h5,7-8,11-12,24-25,30,33,40,52,78H,4,6,9-10,13-23,26-29H2,1-3H3,(H,62,71)(H,63,72)(H,64,73)/t30?,33-,40+,52-,56+/m1/s1. The van der Waals surface area contributed by atoms with Crippen LogP contribution in [0.2, 0.25) is 0 Å². The van der Waals surface area contributed by atoms with Gasteiger partial charge in [0.25, 0.3) is 5.56 Å². The molecule has 1 saturated heterocycles. The van der Waals surface area contributed by atoms with Gasteiger partial charge in [0.15, 0.2) is 23.0 Å². The Bertz CT molecular complexity index is 3240. The molecular weight excluding hydrogens is 1050 g/mol. The van der Waals surface area contributed by atoms with Crippen molar-refractivity contribution in [2.24, 2.45) is 5.92 Å². The molecule has 2 aromatic carbocycles. The summed E-state index contributed by atoms with van der Waals surface area (Å²) >= 11 is 0. The first kappa shape index (κ1) is 58.6. The molecule has 5 atom stereocenters. The third kappa shape index (κ3) is 12.6. The van der Waals surface area contributed by atoms with Gasteiger partial charge in [0, 0.05) is 80.0 Å². The van der Waals surface area contributed by atoms with Gasteiger partial charge in [-0.05, 0) is 79.7 Å². The molecule has 0 bridgehead atoms. The molecule has 426 valence electrons. The highest BCUT2D eigenvalue weighted by molar-refractivity contribution is 6.03. The van der Waals surface area contributed by atoms with Gasteiger partial charge in [-0.25, -0.2) is 14.2 Å². The minimum absolute atomic E-state index is 0.00436. The molecule has 5 heterocycles. The second-order valence-corrected chi connectivity index (χ2v) is 20.9. The molecule has 0 saturated carbocycles. The fourth-order valence-electron chi connectivity index (χ4n) is 11.1. The number of aromatic nitrogens is 2. The Morgan fingerprint density at radius 1 is 0.900 bits per heavy atom. The molecule has 8 rings (SSSR count). The molecule has 19 nitrogen and oxygen atoms in total. The number of carbonyl (C=O) groups is 9. The van der Waals surface area contributed by atoms with Crippen LogP contribution in [-0.4, -0.2) is 111 Å². The van der Waals surface area contributed by atoms with Gasteiger partial charge in [0.05, 0.1) is 41.6 Å². The summed E-state index contributed by atoms with van der Waals surface area (Å²) in [7, 11) is 0. The van der Waals surface area contributed by atoms with Crippen molar-refractivity contribution in [1.82, 2.24) is 30.4 Å². The number of esters is 1. The highest BCUT2D eigenvalue weighted by atomic mass is 19.4. The lowest BCUT2D eigenvalue weighted by Crippen LogP contribution is -2.44. The SMILES string of the molecule is CC[C@@]1(O)C(=O)OCc2c1cc1n(c2=O)Cc2c-1nc1cc(F)c(C)c3c1c2[C@@H](CC(=O)[C@@H](OCNC(=O)CCC(=O)[C@H](Cc1ccccc1)NC(=O)CCC(=O)CNC(=O)CCCCCN1C(=O)CC(C)C1=O)C(F)(F)F)CC3. The summed E-state index contributed by atoms with van der Waals surface area (Å²) in [4.78, 5) is 135. The van der Waals surface area contributed by atoms with E-state index < -0.39 is 115 Å². The predicted molar refractivity (Wildman–Crippen MR) is 276 cm³/mol. The van der Waals surface area contributed by atoms with Gasteiger partial charge in [-0.15, -0.1) is 0 Å². The van der Waals surface area contributed by atoms with Crippen molar-refractivity contribution in [2.75, 3.05) is 19.8 Å². The lowest BCUT2D eigenvalue weighted by atomic mass is 9.76. The summed E-state index contributed by atoms with van der Waals surface area (Å²) in [5, 5.41) is 19.1. The Morgan fingerprint density at radius 3 is 2.33 bits per heavy atom. The number of rotatable bonds is 25. The largest absolute Gasteiger partial charge is 0.458 e. The highest BCUT2D eigenvalue weighted by Gasteiger charge is 2.48. The van der Waals surface area contributed by atoms with Crippen molar-refractivity contribution in [2.45, 2.75) is 154 Å². The molecule has 23 heteroatoms. The monoisotopic (exact) mass is 1110 g/mol. The molecule has 4 N–H and O–H groups in total. The quantitative estimate of drug-likeness (QED) is 0.0196. The van der Waals surface area contributed by atoms with Crippen LogP contribution < -0.4 is 21.5 Å². The first-order chi connectivity index (χ1) is 38.0. The zero-order valence-corrected chi connectivity index (χ0v) is 44.5. The molecule has 1 aliphatic carbocycles. The molecule has 1 fully saturated rings. The van der Waals surface area contributed by atoms with Gasteiger partial charge >= 0.3 is 12.1 Å². The second-order valence-electron chi connectivity index (χ2n) is 20.9. The lowest BCUT2D eigenvalue weighted by molar-refractivity contribution is -0.219. The number of cyclic esters (lactones) is 1. The van der Waals surface area contributed by atoms with Crippen LogP contribution in [0.4, 0.5) is 17.6 Å². The maximum atomic E-state index is 15.4. The van der Waals surface area contributed by atoms with Crippen LogP contribution in [0, 0.1) is 18.7 Å². The number of aryl methyl sites for hydroxylation is 1. The Morgan fingerprint density at radius 2 is 1.62 bits per heavy atom. The number of amides is 5. The van der Waals surface area contributed by atoms with Gasteiger partial charge in [-0.2, -0.15) is 13.2 Å². The zero-order chi connectivity index (χ0) is 57.8. The van der Waals surface area contributed by atoms with Crippen LogP contribution in [0.15, 0.2) is 47.3 Å². The van der Waals surface area contributed by atoms with Crippen molar-refractivity contribution in [3.05, 3.63) is 97.6 Å². The first-order valence-corrected chi connectivity index (χ1v) is 26.8. The number of likely N-dealkylation sites (tertiary alicyclic amines) is 1. The number of alkyl halides is 3. The van der Waals surface area contributed by atoms with E-state index in [2.05, 4.69) is 16.0 Å². The van der Waals surface area contributed by atoms with E-state index in [-0.39, 0.29) is 122 Å². The van der Waals surface area contributed by atoms with E-state index in [4.69, 9.17) is 14.5 Å². The molecule has 2 aromatic heterocycles. The van der Waals surface area contributed by atoms with Crippen LogP contribution in [-0.2, 0) is 84.2 Å². The number of hydrogen-bond donors (Lipinski definition) is 4. The number of ketones is 3. The number of nitrogens with one attached hydrogen (secondary N) is 3. The predicted octanol–water partition coefficient (Wildman–Crippen LogP) is 5.04. The van der Waals surface area contributed by atoms with Crippen molar-refractivity contribution >= 4 is 63.8 Å². The van der Waals surface area contributed by atoms with Crippen LogP contribution in [0.25, 0.3) is 22.3 Å². The van der Waals surface area contributed by atoms with Crippen molar-refractivity contribution in [1.29, 1.82) is 0 Å². The van der Waals surface area contributed by atoms with Gasteiger partial charge < -0.3 is 35.1 Å². The molecule has 4 aliphatic rings. The van der Waals surface area contributed by atoms with E-state index in [1.165, 1.54) is 28.5 Å². The minimum atomic E-state index is -5.25. The molecule has 1 unspecified atom stereocenters. The van der Waals surface area contributed by atoms with Crippen LogP contribution in [0.3, 0.4) is 0 Å². The molecular formula is C57H62F4N6O13. The number of halogens is 4. The summed E-state index contributed by atoms with van der Waals surface area (Å²) in [6.45, 7) is 3.12. The molecule has 5 amide bonds. The molecule has 80 heavy (non-hydrogen) atoms. The number of fused-ring (bicyclic) bond motifs is 5.